The zero-order chi connectivity index (χ0) is 17.9. The maximum atomic E-state index is 13.1. The molecule has 26 heavy (non-hydrogen) atoms. The maximum absolute atomic E-state index is 13.1. The molecule has 0 atom stereocenters. The van der Waals surface area contributed by atoms with E-state index in [9.17, 15) is 4.79 Å². The van der Waals surface area contributed by atoms with Crippen LogP contribution in [0.5, 0.6) is 0 Å². The van der Waals surface area contributed by atoms with Gasteiger partial charge in [0.1, 0.15) is 5.82 Å². The van der Waals surface area contributed by atoms with Crippen molar-refractivity contribution in [2.45, 2.75) is 31.7 Å². The molecule has 3 aromatic rings. The van der Waals surface area contributed by atoms with Crippen LogP contribution in [-0.4, -0.2) is 26.7 Å². The van der Waals surface area contributed by atoms with Gasteiger partial charge in [-0.15, -0.1) is 10.2 Å². The summed E-state index contributed by atoms with van der Waals surface area (Å²) in [5.41, 5.74) is 1.97. The highest BCUT2D eigenvalue weighted by Gasteiger charge is 2.30. The molecule has 0 bridgehead atoms. The average molecular weight is 346 g/mol. The monoisotopic (exact) mass is 346 g/mol. The number of hydrogen-bond acceptors (Lipinski definition) is 3. The zero-order valence-corrected chi connectivity index (χ0v) is 14.9. The molecule has 1 aliphatic rings. The molecule has 0 aliphatic heterocycles. The summed E-state index contributed by atoms with van der Waals surface area (Å²) in [7, 11) is 1.92. The molecule has 1 saturated carbocycles. The molecule has 5 heteroatoms. The summed E-state index contributed by atoms with van der Waals surface area (Å²) in [5, 5.41) is 8.57. The Balaban J connectivity index is 1.58. The van der Waals surface area contributed by atoms with Crippen molar-refractivity contribution >= 4 is 11.6 Å². The first kappa shape index (κ1) is 16.5. The van der Waals surface area contributed by atoms with Crippen molar-refractivity contribution in [3.05, 3.63) is 66.5 Å². The molecule has 2 aromatic carbocycles. The van der Waals surface area contributed by atoms with Gasteiger partial charge in [0.05, 0.1) is 6.42 Å². The lowest BCUT2D eigenvalue weighted by molar-refractivity contribution is -0.119. The quantitative estimate of drug-likeness (QED) is 0.709. The normalized spacial score (nSPS) is 14.0. The Morgan fingerprint density at radius 2 is 1.69 bits per heavy atom. The van der Waals surface area contributed by atoms with Crippen molar-refractivity contribution in [3.8, 4) is 11.4 Å². The number of nitrogens with zero attached hydrogens (tertiary/aromatic N) is 4. The van der Waals surface area contributed by atoms with Gasteiger partial charge in [-0.05, 0) is 31.4 Å². The molecule has 4 rings (SSSR count). The first-order chi connectivity index (χ1) is 12.7. The fourth-order valence-corrected chi connectivity index (χ4v) is 3.37. The average Bonchev–Trinajstić information content (AvgIpc) is 3.00. The Bertz CT molecular complexity index is 885. The molecule has 0 unspecified atom stereocenters. The highest BCUT2D eigenvalue weighted by molar-refractivity contribution is 5.95. The van der Waals surface area contributed by atoms with Gasteiger partial charge in [0.2, 0.25) is 5.91 Å². The van der Waals surface area contributed by atoms with E-state index in [1.54, 1.807) is 0 Å². The summed E-state index contributed by atoms with van der Waals surface area (Å²) in [4.78, 5) is 15.0. The third-order valence-electron chi connectivity index (χ3n) is 5.05. The molecule has 132 valence electrons. The van der Waals surface area contributed by atoms with E-state index >= 15 is 0 Å². The van der Waals surface area contributed by atoms with Gasteiger partial charge in [-0.2, -0.15) is 0 Å². The fourth-order valence-electron chi connectivity index (χ4n) is 3.37. The van der Waals surface area contributed by atoms with Crippen LogP contribution in [0.3, 0.4) is 0 Å². The van der Waals surface area contributed by atoms with Gasteiger partial charge < -0.3 is 9.47 Å². The number of aromatic nitrogens is 3. The molecule has 1 amide bonds. The second-order valence-electron chi connectivity index (χ2n) is 6.73. The van der Waals surface area contributed by atoms with E-state index in [1.165, 1.54) is 6.42 Å². The molecule has 0 radical (unpaired) electrons. The van der Waals surface area contributed by atoms with Crippen LogP contribution >= 0.6 is 0 Å². The summed E-state index contributed by atoms with van der Waals surface area (Å²) in [5.74, 6) is 1.55. The van der Waals surface area contributed by atoms with Crippen molar-refractivity contribution in [1.29, 1.82) is 0 Å². The van der Waals surface area contributed by atoms with Crippen LogP contribution in [0.1, 0.15) is 25.1 Å². The number of benzene rings is 2. The van der Waals surface area contributed by atoms with E-state index in [-0.39, 0.29) is 12.3 Å². The van der Waals surface area contributed by atoms with Crippen LogP contribution in [0.25, 0.3) is 11.4 Å². The second-order valence-corrected chi connectivity index (χ2v) is 6.73. The summed E-state index contributed by atoms with van der Waals surface area (Å²) >= 11 is 0. The lowest BCUT2D eigenvalue weighted by Crippen LogP contribution is -2.45. The van der Waals surface area contributed by atoms with Gasteiger partial charge in [0.15, 0.2) is 5.82 Å². The van der Waals surface area contributed by atoms with E-state index in [4.69, 9.17) is 0 Å². The van der Waals surface area contributed by atoms with E-state index in [2.05, 4.69) is 10.2 Å². The van der Waals surface area contributed by atoms with E-state index in [0.29, 0.717) is 11.9 Å². The highest BCUT2D eigenvalue weighted by atomic mass is 16.2. The van der Waals surface area contributed by atoms with Gasteiger partial charge in [0.25, 0.3) is 0 Å². The Morgan fingerprint density at radius 3 is 2.31 bits per heavy atom. The third kappa shape index (κ3) is 3.12. The molecule has 1 aromatic heterocycles. The van der Waals surface area contributed by atoms with Crippen LogP contribution in [-0.2, 0) is 18.3 Å². The molecule has 1 aliphatic carbocycles. The molecule has 0 saturated heterocycles. The number of hydrogen-bond donors (Lipinski definition) is 0. The van der Waals surface area contributed by atoms with Gasteiger partial charge >= 0.3 is 0 Å². The SMILES string of the molecule is Cn1c(CC(=O)N(c2ccccc2)C2CCC2)nnc1-c1ccccc1. The topological polar surface area (TPSA) is 51.0 Å². The molecular formula is C21H22N4O. The minimum atomic E-state index is 0.0796. The molecular weight excluding hydrogens is 324 g/mol. The van der Waals surface area contributed by atoms with E-state index in [1.807, 2.05) is 77.2 Å². The lowest BCUT2D eigenvalue weighted by atomic mass is 9.90. The smallest absolute Gasteiger partial charge is 0.234 e. The van der Waals surface area contributed by atoms with Gasteiger partial charge in [-0.1, -0.05) is 48.5 Å². The van der Waals surface area contributed by atoms with Crippen LogP contribution < -0.4 is 4.90 Å². The molecule has 0 N–H and O–H groups in total. The zero-order valence-electron chi connectivity index (χ0n) is 14.9. The number of amides is 1. The Hall–Kier alpha value is -2.95. The standard InChI is InChI=1S/C21H22N4O/c1-24-19(22-23-21(24)16-9-4-2-5-10-16)15-20(26)25(18-13-8-14-18)17-11-6-3-7-12-17/h2-7,9-12,18H,8,13-15H2,1H3. The number of carbonyl (C=O) groups is 1. The Labute approximate surface area is 153 Å². The summed E-state index contributed by atoms with van der Waals surface area (Å²) in [6.07, 6.45) is 3.56. The first-order valence-corrected chi connectivity index (χ1v) is 9.05. The predicted octanol–water partition coefficient (Wildman–Crippen LogP) is 3.61. The summed E-state index contributed by atoms with van der Waals surface area (Å²) in [6, 6.07) is 20.2. The number of rotatable bonds is 5. The third-order valence-corrected chi connectivity index (χ3v) is 5.05. The van der Waals surface area contributed by atoms with Crippen LogP contribution in [0, 0.1) is 0 Å². The fraction of sp³-hybridized carbons (Fsp3) is 0.286. The van der Waals surface area contributed by atoms with E-state index in [0.717, 1.165) is 29.9 Å². The van der Waals surface area contributed by atoms with Gasteiger partial charge in [-0.3, -0.25) is 4.79 Å². The summed E-state index contributed by atoms with van der Waals surface area (Å²) in [6.45, 7) is 0. The molecule has 0 spiro atoms. The maximum Gasteiger partial charge on any atom is 0.234 e. The number of carbonyl (C=O) groups excluding carboxylic acids is 1. The lowest BCUT2D eigenvalue weighted by Gasteiger charge is -2.37. The van der Waals surface area contributed by atoms with Crippen LogP contribution in [0.15, 0.2) is 60.7 Å². The van der Waals surface area contributed by atoms with Crippen molar-refractivity contribution in [2.24, 2.45) is 7.05 Å². The Kier molecular flexibility index (Phi) is 4.52. The summed E-state index contributed by atoms with van der Waals surface area (Å²) < 4.78 is 1.91. The van der Waals surface area contributed by atoms with Gasteiger partial charge in [-0.25, -0.2) is 0 Å². The van der Waals surface area contributed by atoms with Gasteiger partial charge in [0, 0.05) is 24.3 Å². The predicted molar refractivity (Wildman–Crippen MR) is 102 cm³/mol. The van der Waals surface area contributed by atoms with Crippen molar-refractivity contribution in [2.75, 3.05) is 4.90 Å². The van der Waals surface area contributed by atoms with Crippen LogP contribution in [0.4, 0.5) is 5.69 Å². The molecule has 5 nitrogen and oxygen atoms in total. The minimum absolute atomic E-state index is 0.0796. The van der Waals surface area contributed by atoms with Crippen molar-refractivity contribution in [3.63, 3.8) is 0 Å². The first-order valence-electron chi connectivity index (χ1n) is 9.05. The highest BCUT2D eigenvalue weighted by Crippen LogP contribution is 2.30. The van der Waals surface area contributed by atoms with Crippen molar-refractivity contribution < 1.29 is 4.79 Å². The number of para-hydroxylation sites is 1. The van der Waals surface area contributed by atoms with E-state index < -0.39 is 0 Å². The van der Waals surface area contributed by atoms with Crippen molar-refractivity contribution in [1.82, 2.24) is 14.8 Å². The van der Waals surface area contributed by atoms with Crippen LogP contribution in [0.2, 0.25) is 0 Å². The Morgan fingerprint density at radius 1 is 1.04 bits per heavy atom. The number of anilines is 1. The second kappa shape index (κ2) is 7.12. The molecule has 1 fully saturated rings. The largest absolute Gasteiger partial charge is 0.314 e. The molecule has 1 heterocycles. The minimum Gasteiger partial charge on any atom is -0.314 e.